The lowest BCUT2D eigenvalue weighted by molar-refractivity contribution is -0.156. The van der Waals surface area contributed by atoms with Gasteiger partial charge in [-0.1, -0.05) is 24.6 Å². The minimum atomic E-state index is -1.50. The molecule has 1 aliphatic rings. The number of benzene rings is 1. The highest BCUT2D eigenvalue weighted by molar-refractivity contribution is 6.40. The number of rotatable bonds is 8. The highest BCUT2D eigenvalue weighted by atomic mass is 16.6. The molecule has 1 aromatic carbocycles. The van der Waals surface area contributed by atoms with Gasteiger partial charge in [-0.3, -0.25) is 9.59 Å². The molecule has 0 unspecified atom stereocenters. The topological polar surface area (TPSA) is 141 Å². The molecule has 2 aromatic rings. The first-order valence-corrected chi connectivity index (χ1v) is 12.6. The second-order valence-corrected chi connectivity index (χ2v) is 11.4. The minimum absolute atomic E-state index is 0.0125. The van der Waals surface area contributed by atoms with Crippen molar-refractivity contribution in [3.05, 3.63) is 36.0 Å². The summed E-state index contributed by atoms with van der Waals surface area (Å²) in [6.45, 7) is 7.04. The third kappa shape index (κ3) is 7.26. The van der Waals surface area contributed by atoms with E-state index in [0.29, 0.717) is 12.8 Å². The molecule has 202 valence electrons. The molecule has 2 amide bonds. The van der Waals surface area contributed by atoms with Crippen LogP contribution in [0.3, 0.4) is 0 Å². The van der Waals surface area contributed by atoms with E-state index in [1.54, 1.807) is 27.7 Å². The SMILES string of the molecule is Cn1cc(C[C@@H](NC(=O)OC(C)(C)C)C(=O)N2C[C@@H](CCB(O)O)C[C@](C)(C(=O)O)C2)c2ccccc21. The number of carboxylic acid groups (broad SMARTS) is 1. The lowest BCUT2D eigenvalue weighted by Gasteiger charge is -2.43. The van der Waals surface area contributed by atoms with Gasteiger partial charge in [-0.15, -0.1) is 0 Å². The number of carbonyl (C=O) groups is 3. The van der Waals surface area contributed by atoms with Crippen LogP contribution in [0.15, 0.2) is 30.5 Å². The predicted molar refractivity (Wildman–Crippen MR) is 140 cm³/mol. The van der Waals surface area contributed by atoms with Crippen LogP contribution in [-0.4, -0.2) is 74.4 Å². The summed E-state index contributed by atoms with van der Waals surface area (Å²) in [7, 11) is 0.405. The van der Waals surface area contributed by atoms with Crippen molar-refractivity contribution in [3.63, 3.8) is 0 Å². The van der Waals surface area contributed by atoms with E-state index in [0.717, 1.165) is 16.5 Å². The third-order valence-corrected chi connectivity index (χ3v) is 6.81. The van der Waals surface area contributed by atoms with Crippen LogP contribution in [0.2, 0.25) is 6.32 Å². The monoisotopic (exact) mass is 515 g/mol. The maximum Gasteiger partial charge on any atom is 0.451 e. The Morgan fingerprint density at radius 3 is 2.54 bits per heavy atom. The second kappa shape index (κ2) is 11.1. The molecule has 0 spiro atoms. The van der Waals surface area contributed by atoms with Gasteiger partial charge in [0.05, 0.1) is 5.41 Å². The van der Waals surface area contributed by atoms with Crippen molar-refractivity contribution >= 4 is 36.0 Å². The van der Waals surface area contributed by atoms with Gasteiger partial charge in [-0.2, -0.15) is 0 Å². The van der Waals surface area contributed by atoms with Crippen LogP contribution in [0.1, 0.15) is 46.1 Å². The number of nitrogens with zero attached hydrogens (tertiary/aromatic N) is 2. The number of aliphatic carboxylic acids is 1. The molecule has 2 heterocycles. The number of alkyl carbamates (subject to hydrolysis) is 1. The van der Waals surface area contributed by atoms with Crippen LogP contribution in [0, 0.1) is 11.3 Å². The normalized spacial score (nSPS) is 20.9. The second-order valence-electron chi connectivity index (χ2n) is 11.4. The molecular formula is C26H38BN3O7. The molecule has 0 aliphatic carbocycles. The smallest absolute Gasteiger partial charge is 0.451 e. The lowest BCUT2D eigenvalue weighted by Crippen LogP contribution is -2.57. The molecule has 1 aromatic heterocycles. The molecular weight excluding hydrogens is 477 g/mol. The number of hydrogen-bond acceptors (Lipinski definition) is 6. The molecule has 11 heteroatoms. The number of carboxylic acids is 1. The van der Waals surface area contributed by atoms with Gasteiger partial charge in [0.15, 0.2) is 0 Å². The van der Waals surface area contributed by atoms with Gasteiger partial charge < -0.3 is 34.7 Å². The highest BCUT2D eigenvalue weighted by Crippen LogP contribution is 2.36. The van der Waals surface area contributed by atoms with Crippen molar-refractivity contribution in [2.75, 3.05) is 13.1 Å². The molecule has 1 fully saturated rings. The Morgan fingerprint density at radius 1 is 1.24 bits per heavy atom. The minimum Gasteiger partial charge on any atom is -0.481 e. The van der Waals surface area contributed by atoms with E-state index in [9.17, 15) is 29.5 Å². The van der Waals surface area contributed by atoms with Crippen molar-refractivity contribution in [1.82, 2.24) is 14.8 Å². The van der Waals surface area contributed by atoms with Crippen LogP contribution in [0.25, 0.3) is 10.9 Å². The van der Waals surface area contributed by atoms with Crippen LogP contribution >= 0.6 is 0 Å². The van der Waals surface area contributed by atoms with Crippen LogP contribution in [0.4, 0.5) is 4.79 Å². The molecule has 1 saturated heterocycles. The maximum absolute atomic E-state index is 13.9. The number of aryl methyl sites for hydroxylation is 1. The Labute approximate surface area is 217 Å². The van der Waals surface area contributed by atoms with E-state index in [4.69, 9.17) is 4.74 Å². The summed E-state index contributed by atoms with van der Waals surface area (Å²) in [4.78, 5) is 40.3. The summed E-state index contributed by atoms with van der Waals surface area (Å²) >= 11 is 0. The fourth-order valence-corrected chi connectivity index (χ4v) is 5.14. The Balaban J connectivity index is 1.92. The van der Waals surface area contributed by atoms with Gasteiger partial charge in [0.25, 0.3) is 0 Å². The first-order chi connectivity index (χ1) is 17.2. The average molecular weight is 515 g/mol. The van der Waals surface area contributed by atoms with Gasteiger partial charge in [0, 0.05) is 43.7 Å². The molecule has 0 radical (unpaired) electrons. The van der Waals surface area contributed by atoms with E-state index in [1.165, 1.54) is 4.90 Å². The quantitative estimate of drug-likeness (QED) is 0.396. The van der Waals surface area contributed by atoms with E-state index in [1.807, 2.05) is 42.1 Å². The number of piperidine rings is 1. The van der Waals surface area contributed by atoms with E-state index in [2.05, 4.69) is 5.32 Å². The molecule has 10 nitrogen and oxygen atoms in total. The van der Waals surface area contributed by atoms with Gasteiger partial charge in [-0.25, -0.2) is 4.79 Å². The molecule has 37 heavy (non-hydrogen) atoms. The number of nitrogens with one attached hydrogen (secondary N) is 1. The lowest BCUT2D eigenvalue weighted by atomic mass is 9.72. The molecule has 3 rings (SSSR count). The Kier molecular flexibility index (Phi) is 8.59. The first-order valence-electron chi connectivity index (χ1n) is 12.6. The number of fused-ring (bicyclic) bond motifs is 1. The largest absolute Gasteiger partial charge is 0.481 e. The van der Waals surface area contributed by atoms with Gasteiger partial charge >= 0.3 is 19.2 Å². The number of aromatic nitrogens is 1. The van der Waals surface area contributed by atoms with Gasteiger partial charge in [-0.05, 0) is 58.0 Å². The van der Waals surface area contributed by atoms with Crippen molar-refractivity contribution in [1.29, 1.82) is 0 Å². The van der Waals surface area contributed by atoms with E-state index < -0.39 is 42.1 Å². The number of likely N-dealkylation sites (tertiary alicyclic amines) is 1. The molecule has 3 atom stereocenters. The first kappa shape index (κ1) is 28.5. The fourth-order valence-electron chi connectivity index (χ4n) is 5.14. The summed E-state index contributed by atoms with van der Waals surface area (Å²) in [5, 5.41) is 32.3. The zero-order valence-electron chi connectivity index (χ0n) is 22.2. The van der Waals surface area contributed by atoms with Crippen molar-refractivity contribution in [3.8, 4) is 0 Å². The molecule has 4 N–H and O–H groups in total. The summed E-state index contributed by atoms with van der Waals surface area (Å²) in [5.41, 5.74) is -0.111. The van der Waals surface area contributed by atoms with E-state index >= 15 is 0 Å². The van der Waals surface area contributed by atoms with Crippen molar-refractivity contribution in [2.24, 2.45) is 18.4 Å². The van der Waals surface area contributed by atoms with Crippen LogP contribution in [0.5, 0.6) is 0 Å². The fraction of sp³-hybridized carbons (Fsp3) is 0.577. The number of hydrogen-bond donors (Lipinski definition) is 4. The van der Waals surface area contributed by atoms with Crippen LogP contribution < -0.4 is 5.32 Å². The Morgan fingerprint density at radius 2 is 1.92 bits per heavy atom. The zero-order valence-corrected chi connectivity index (χ0v) is 22.2. The number of ether oxygens (including phenoxy) is 1. The molecule has 0 saturated carbocycles. The summed E-state index contributed by atoms with van der Waals surface area (Å²) in [5.74, 6) is -1.66. The number of carbonyl (C=O) groups excluding carboxylic acids is 2. The predicted octanol–water partition coefficient (Wildman–Crippen LogP) is 2.42. The zero-order chi connectivity index (χ0) is 27.5. The van der Waals surface area contributed by atoms with Gasteiger partial charge in [0.2, 0.25) is 5.91 Å². The van der Waals surface area contributed by atoms with E-state index in [-0.39, 0.29) is 31.7 Å². The standard InChI is InChI=1S/C26H38BN3O7/c1-25(2,3)37-24(34)28-20(12-18-15-29(5)21-9-7-6-8-19(18)21)22(31)30-14-17(10-11-27(35)36)13-26(4,16-30)23(32)33/h6-9,15,17,20,35-36H,10-14,16H2,1-5H3,(H,28,34)(H,32,33)/t17-,20+,26-/m0/s1. The third-order valence-electron chi connectivity index (χ3n) is 6.81. The summed E-state index contributed by atoms with van der Waals surface area (Å²) < 4.78 is 7.38. The Hall–Kier alpha value is -3.05. The van der Waals surface area contributed by atoms with Crippen molar-refractivity contribution < 1.29 is 34.3 Å². The Bertz CT molecular complexity index is 1140. The van der Waals surface area contributed by atoms with Crippen LogP contribution in [-0.2, 0) is 27.8 Å². The molecule has 1 aliphatic heterocycles. The van der Waals surface area contributed by atoms with Crippen molar-refractivity contribution in [2.45, 2.75) is 64.9 Å². The number of amides is 2. The maximum atomic E-state index is 13.9. The summed E-state index contributed by atoms with van der Waals surface area (Å²) in [6, 6.07) is 6.78. The average Bonchev–Trinajstić information content (AvgIpc) is 3.10. The van der Waals surface area contributed by atoms with Gasteiger partial charge in [0.1, 0.15) is 11.6 Å². The highest BCUT2D eigenvalue weighted by Gasteiger charge is 2.44. The molecule has 0 bridgehead atoms. The number of para-hydroxylation sites is 1. The summed E-state index contributed by atoms with van der Waals surface area (Å²) in [6.07, 6.45) is 2.14.